The molecular weight excluding hydrogens is 316 g/mol. The Morgan fingerprint density at radius 2 is 1.88 bits per heavy atom. The first kappa shape index (κ1) is 17.5. The summed E-state index contributed by atoms with van der Waals surface area (Å²) in [5.41, 5.74) is -0.271. The molecule has 0 radical (unpaired) electrons. The summed E-state index contributed by atoms with van der Waals surface area (Å²) in [5.74, 6) is -2.60. The Bertz CT molecular complexity index is 808. The van der Waals surface area contributed by atoms with Crippen molar-refractivity contribution in [2.45, 2.75) is 33.3 Å². The number of carbonyl (C=O) groups is 3. The van der Waals surface area contributed by atoms with Crippen LogP contribution in [0.3, 0.4) is 0 Å². The molecule has 0 atom stereocenters. The minimum Gasteiger partial charge on any atom is -0.481 e. The number of esters is 1. The summed E-state index contributed by atoms with van der Waals surface area (Å²) in [6, 6.07) is 4.37. The number of ether oxygens (including phenoxy) is 2. The van der Waals surface area contributed by atoms with Gasteiger partial charge in [0.15, 0.2) is 11.5 Å². The number of fused-ring (bicyclic) bond motifs is 1. The van der Waals surface area contributed by atoms with Gasteiger partial charge in [-0.2, -0.15) is 0 Å². The van der Waals surface area contributed by atoms with Crippen LogP contribution in [0, 0.1) is 0 Å². The third-order valence-corrected chi connectivity index (χ3v) is 2.89. The van der Waals surface area contributed by atoms with Gasteiger partial charge in [0.25, 0.3) is 5.76 Å². The standard InChI is InChI=1S/C17H18O7/c1-9(18)8-22-13-11-6-5-10(16(21)24-17(2,3)4)7-12(11)23-14(13)15(19)20/h5-7H,8H2,1-4H3,(H,19,20). The summed E-state index contributed by atoms with van der Waals surface area (Å²) in [6.45, 7) is 6.28. The van der Waals surface area contributed by atoms with E-state index in [1.807, 2.05) is 0 Å². The van der Waals surface area contributed by atoms with Gasteiger partial charge >= 0.3 is 11.9 Å². The van der Waals surface area contributed by atoms with Crippen LogP contribution in [0.15, 0.2) is 22.6 Å². The summed E-state index contributed by atoms with van der Waals surface area (Å²) in [4.78, 5) is 34.4. The largest absolute Gasteiger partial charge is 0.481 e. The SMILES string of the molecule is CC(=O)COc1c(C(=O)O)oc2cc(C(=O)OC(C)(C)C)ccc12. The predicted octanol–water partition coefficient (Wildman–Crippen LogP) is 3.05. The minimum absolute atomic E-state index is 0.0385. The number of furan rings is 1. The maximum absolute atomic E-state index is 12.1. The molecule has 1 N–H and O–H groups in total. The van der Waals surface area contributed by atoms with E-state index in [0.29, 0.717) is 5.39 Å². The van der Waals surface area contributed by atoms with Crippen molar-refractivity contribution < 1.29 is 33.4 Å². The fourth-order valence-electron chi connectivity index (χ4n) is 1.99. The van der Waals surface area contributed by atoms with Crippen LogP contribution in [0.1, 0.15) is 48.6 Å². The number of Topliss-reactive ketones (excluding diaryl/α,β-unsaturated/α-hetero) is 1. The molecule has 0 spiro atoms. The molecule has 1 heterocycles. The van der Waals surface area contributed by atoms with Crippen molar-refractivity contribution in [2.24, 2.45) is 0 Å². The first-order chi connectivity index (χ1) is 11.1. The van der Waals surface area contributed by atoms with Crippen LogP contribution in [0.25, 0.3) is 11.0 Å². The van der Waals surface area contributed by atoms with Gasteiger partial charge < -0.3 is 19.0 Å². The highest BCUT2D eigenvalue weighted by Gasteiger charge is 2.24. The van der Waals surface area contributed by atoms with Crippen molar-refractivity contribution in [1.29, 1.82) is 0 Å². The van der Waals surface area contributed by atoms with Crippen LogP contribution in [-0.4, -0.2) is 35.0 Å². The average Bonchev–Trinajstić information content (AvgIpc) is 2.81. The number of carboxylic acid groups (broad SMARTS) is 1. The van der Waals surface area contributed by atoms with Crippen molar-refractivity contribution in [1.82, 2.24) is 0 Å². The summed E-state index contributed by atoms with van der Waals surface area (Å²) < 4.78 is 15.8. The van der Waals surface area contributed by atoms with Gasteiger partial charge in [0, 0.05) is 0 Å². The predicted molar refractivity (Wildman–Crippen MR) is 84.5 cm³/mol. The lowest BCUT2D eigenvalue weighted by Crippen LogP contribution is -2.23. The van der Waals surface area contributed by atoms with E-state index in [0.717, 1.165) is 0 Å². The zero-order chi connectivity index (χ0) is 18.1. The highest BCUT2D eigenvalue weighted by Crippen LogP contribution is 2.34. The second kappa shape index (κ2) is 6.35. The number of hydrogen-bond donors (Lipinski definition) is 1. The van der Waals surface area contributed by atoms with Crippen molar-refractivity contribution >= 4 is 28.7 Å². The molecule has 0 unspecified atom stereocenters. The van der Waals surface area contributed by atoms with Gasteiger partial charge in [0.05, 0.1) is 10.9 Å². The highest BCUT2D eigenvalue weighted by molar-refractivity contribution is 6.01. The molecule has 0 aliphatic heterocycles. The molecule has 0 bridgehead atoms. The lowest BCUT2D eigenvalue weighted by Gasteiger charge is -2.19. The topological polar surface area (TPSA) is 103 Å². The Hall–Kier alpha value is -2.83. The van der Waals surface area contributed by atoms with Crippen LogP contribution in [-0.2, 0) is 9.53 Å². The molecule has 1 aromatic carbocycles. The molecule has 1 aromatic heterocycles. The number of carboxylic acids is 1. The Balaban J connectivity index is 2.45. The molecule has 2 rings (SSSR count). The van der Waals surface area contributed by atoms with Crippen LogP contribution >= 0.6 is 0 Å². The van der Waals surface area contributed by atoms with Crippen molar-refractivity contribution in [2.75, 3.05) is 6.61 Å². The van der Waals surface area contributed by atoms with Crippen molar-refractivity contribution in [3.8, 4) is 5.75 Å². The van der Waals surface area contributed by atoms with Gasteiger partial charge in [-0.15, -0.1) is 0 Å². The van der Waals surface area contributed by atoms with Crippen molar-refractivity contribution in [3.05, 3.63) is 29.5 Å². The number of hydrogen-bond acceptors (Lipinski definition) is 6. The van der Waals surface area contributed by atoms with Crippen LogP contribution < -0.4 is 4.74 Å². The van der Waals surface area contributed by atoms with Gasteiger partial charge in [-0.05, 0) is 45.9 Å². The molecule has 2 aromatic rings. The highest BCUT2D eigenvalue weighted by atomic mass is 16.6. The van der Waals surface area contributed by atoms with E-state index in [2.05, 4.69) is 0 Å². The van der Waals surface area contributed by atoms with E-state index >= 15 is 0 Å². The fourth-order valence-corrected chi connectivity index (χ4v) is 1.99. The first-order valence-corrected chi connectivity index (χ1v) is 7.24. The minimum atomic E-state index is -1.33. The van der Waals surface area contributed by atoms with Gasteiger partial charge in [0.1, 0.15) is 17.8 Å². The molecule has 0 aliphatic rings. The van der Waals surface area contributed by atoms with Crippen LogP contribution in [0.4, 0.5) is 0 Å². The molecule has 7 nitrogen and oxygen atoms in total. The van der Waals surface area contributed by atoms with Gasteiger partial charge in [-0.3, -0.25) is 4.79 Å². The lowest BCUT2D eigenvalue weighted by molar-refractivity contribution is -0.118. The van der Waals surface area contributed by atoms with E-state index in [-0.39, 0.29) is 29.3 Å². The van der Waals surface area contributed by atoms with E-state index in [9.17, 15) is 19.5 Å². The van der Waals surface area contributed by atoms with Crippen LogP contribution in [0.5, 0.6) is 5.75 Å². The fraction of sp³-hybridized carbons (Fsp3) is 0.353. The van der Waals surface area contributed by atoms with Crippen LogP contribution in [0.2, 0.25) is 0 Å². The normalized spacial score (nSPS) is 11.3. The van der Waals surface area contributed by atoms with Gasteiger partial charge in [-0.1, -0.05) is 0 Å². The van der Waals surface area contributed by atoms with E-state index in [1.165, 1.54) is 25.1 Å². The number of carbonyl (C=O) groups excluding carboxylic acids is 2. The molecule has 0 fully saturated rings. The first-order valence-electron chi connectivity index (χ1n) is 7.24. The summed E-state index contributed by atoms with van der Waals surface area (Å²) in [7, 11) is 0. The number of ketones is 1. The Morgan fingerprint density at radius 1 is 1.21 bits per heavy atom. The molecule has 7 heteroatoms. The van der Waals surface area contributed by atoms with E-state index < -0.39 is 23.3 Å². The second-order valence-corrected chi connectivity index (χ2v) is 6.27. The molecule has 24 heavy (non-hydrogen) atoms. The summed E-state index contributed by atoms with van der Waals surface area (Å²) >= 11 is 0. The Labute approximate surface area is 138 Å². The quantitative estimate of drug-likeness (QED) is 0.838. The monoisotopic (exact) mass is 334 g/mol. The van der Waals surface area contributed by atoms with E-state index in [4.69, 9.17) is 13.9 Å². The molecule has 0 saturated carbocycles. The molecule has 0 aliphatic carbocycles. The second-order valence-electron chi connectivity index (χ2n) is 6.27. The summed E-state index contributed by atoms with van der Waals surface area (Å²) in [5, 5.41) is 9.57. The summed E-state index contributed by atoms with van der Waals surface area (Å²) in [6.07, 6.45) is 0. The number of aromatic carboxylic acids is 1. The average molecular weight is 334 g/mol. The zero-order valence-corrected chi connectivity index (χ0v) is 13.8. The molecule has 0 amide bonds. The molecule has 0 saturated heterocycles. The Morgan fingerprint density at radius 3 is 2.42 bits per heavy atom. The molecule has 128 valence electrons. The maximum Gasteiger partial charge on any atom is 0.375 e. The number of rotatable bonds is 5. The maximum atomic E-state index is 12.1. The Kier molecular flexibility index (Phi) is 4.64. The smallest absolute Gasteiger partial charge is 0.375 e. The lowest BCUT2D eigenvalue weighted by atomic mass is 10.1. The zero-order valence-electron chi connectivity index (χ0n) is 13.8. The molecular formula is C17H18O7. The van der Waals surface area contributed by atoms with Crippen molar-refractivity contribution in [3.63, 3.8) is 0 Å². The van der Waals surface area contributed by atoms with Gasteiger partial charge in [0.2, 0.25) is 0 Å². The van der Waals surface area contributed by atoms with E-state index in [1.54, 1.807) is 20.8 Å². The van der Waals surface area contributed by atoms with Gasteiger partial charge in [-0.25, -0.2) is 9.59 Å². The third-order valence-electron chi connectivity index (χ3n) is 2.89. The third kappa shape index (κ3) is 3.92. The number of benzene rings is 1.